The smallest absolute Gasteiger partial charge is 0.335 e. The third-order valence-electron chi connectivity index (χ3n) is 4.61. The molecule has 5 nitrogen and oxygen atoms in total. The van der Waals surface area contributed by atoms with Crippen molar-refractivity contribution in [2.45, 2.75) is 20.0 Å². The third-order valence-corrected chi connectivity index (χ3v) is 4.61. The molecule has 1 heterocycles. The van der Waals surface area contributed by atoms with Crippen LogP contribution in [-0.4, -0.2) is 41.6 Å². The standard InChI is InChI=1S/C21H23NO4/c1-15-9-18(11-19(10-15)21(24)25)20(23)22-8-7-17(12-22)14-26-13-16-5-3-2-4-6-16/h2-6,9-11,17H,7-8,12-14H2,1H3,(H,24,25). The van der Waals surface area contributed by atoms with E-state index in [1.807, 2.05) is 30.3 Å². The summed E-state index contributed by atoms with van der Waals surface area (Å²) in [6.45, 7) is 4.31. The van der Waals surface area contributed by atoms with Gasteiger partial charge in [-0.25, -0.2) is 4.79 Å². The van der Waals surface area contributed by atoms with Crippen molar-refractivity contribution in [3.63, 3.8) is 0 Å². The Bertz CT molecular complexity index is 788. The summed E-state index contributed by atoms with van der Waals surface area (Å²) in [4.78, 5) is 25.7. The van der Waals surface area contributed by atoms with Gasteiger partial charge in [0.05, 0.1) is 18.8 Å². The lowest BCUT2D eigenvalue weighted by molar-refractivity contribution is 0.0696. The fourth-order valence-electron chi connectivity index (χ4n) is 3.28. The highest BCUT2D eigenvalue weighted by molar-refractivity contribution is 5.98. The van der Waals surface area contributed by atoms with Crippen LogP contribution < -0.4 is 0 Å². The average molecular weight is 353 g/mol. The molecule has 0 aliphatic carbocycles. The van der Waals surface area contributed by atoms with E-state index in [4.69, 9.17) is 4.74 Å². The molecule has 0 aromatic heterocycles. The van der Waals surface area contributed by atoms with Gasteiger partial charge in [-0.15, -0.1) is 0 Å². The lowest BCUT2D eigenvalue weighted by atomic mass is 10.1. The number of amides is 1. The Kier molecular flexibility index (Phi) is 5.68. The van der Waals surface area contributed by atoms with Crippen molar-refractivity contribution in [3.05, 3.63) is 70.8 Å². The second kappa shape index (κ2) is 8.15. The summed E-state index contributed by atoms with van der Waals surface area (Å²) in [5.74, 6) is -0.815. The molecule has 0 saturated carbocycles. The van der Waals surface area contributed by atoms with Crippen molar-refractivity contribution in [3.8, 4) is 0 Å². The minimum atomic E-state index is -1.02. The van der Waals surface area contributed by atoms with E-state index in [0.717, 1.165) is 17.5 Å². The Morgan fingerprint density at radius 3 is 2.62 bits per heavy atom. The number of hydrogen-bond acceptors (Lipinski definition) is 3. The highest BCUT2D eigenvalue weighted by Gasteiger charge is 2.27. The number of carbonyl (C=O) groups is 2. The van der Waals surface area contributed by atoms with Crippen LogP contribution in [-0.2, 0) is 11.3 Å². The van der Waals surface area contributed by atoms with Gasteiger partial charge in [0.1, 0.15) is 0 Å². The van der Waals surface area contributed by atoms with Gasteiger partial charge in [0.2, 0.25) is 0 Å². The van der Waals surface area contributed by atoms with Gasteiger partial charge in [-0.3, -0.25) is 4.79 Å². The molecule has 1 saturated heterocycles. The molecule has 1 aliphatic heterocycles. The molecule has 5 heteroatoms. The summed E-state index contributed by atoms with van der Waals surface area (Å²) in [7, 11) is 0. The molecule has 2 aromatic carbocycles. The quantitative estimate of drug-likeness (QED) is 0.865. The van der Waals surface area contributed by atoms with Crippen molar-refractivity contribution in [1.29, 1.82) is 0 Å². The SMILES string of the molecule is Cc1cc(C(=O)O)cc(C(=O)N2CCC(COCc3ccccc3)C2)c1. The lowest BCUT2D eigenvalue weighted by Gasteiger charge is -2.17. The minimum absolute atomic E-state index is 0.109. The highest BCUT2D eigenvalue weighted by atomic mass is 16.5. The first-order valence-corrected chi connectivity index (χ1v) is 8.79. The van der Waals surface area contributed by atoms with E-state index in [9.17, 15) is 14.7 Å². The van der Waals surface area contributed by atoms with E-state index in [1.165, 1.54) is 6.07 Å². The number of nitrogens with zero attached hydrogens (tertiary/aromatic N) is 1. The van der Waals surface area contributed by atoms with Crippen LogP contribution in [0.15, 0.2) is 48.5 Å². The number of carboxylic acid groups (broad SMARTS) is 1. The molecule has 26 heavy (non-hydrogen) atoms. The zero-order valence-corrected chi connectivity index (χ0v) is 14.9. The van der Waals surface area contributed by atoms with Crippen LogP contribution in [0.5, 0.6) is 0 Å². The van der Waals surface area contributed by atoms with Crippen LogP contribution in [0, 0.1) is 12.8 Å². The van der Waals surface area contributed by atoms with Crippen molar-refractivity contribution in [2.24, 2.45) is 5.92 Å². The fraction of sp³-hybridized carbons (Fsp3) is 0.333. The first kappa shape index (κ1) is 18.1. The molecule has 0 spiro atoms. The Morgan fingerprint density at radius 1 is 1.15 bits per heavy atom. The van der Waals surface area contributed by atoms with Crippen LogP contribution in [0.1, 0.15) is 38.3 Å². The summed E-state index contributed by atoms with van der Waals surface area (Å²) in [5, 5.41) is 9.17. The highest BCUT2D eigenvalue weighted by Crippen LogP contribution is 2.21. The van der Waals surface area contributed by atoms with Crippen molar-refractivity contribution in [1.82, 2.24) is 4.90 Å². The number of aromatic carboxylic acids is 1. The Labute approximate surface area is 153 Å². The molecule has 0 bridgehead atoms. The number of benzene rings is 2. The number of hydrogen-bond donors (Lipinski definition) is 1. The lowest BCUT2D eigenvalue weighted by Crippen LogP contribution is -2.29. The predicted molar refractivity (Wildman–Crippen MR) is 98.2 cm³/mol. The van der Waals surface area contributed by atoms with Crippen LogP contribution in [0.25, 0.3) is 0 Å². The first-order valence-electron chi connectivity index (χ1n) is 8.79. The fourth-order valence-corrected chi connectivity index (χ4v) is 3.28. The Morgan fingerprint density at radius 2 is 1.88 bits per heavy atom. The molecule has 1 atom stereocenters. The van der Waals surface area contributed by atoms with E-state index in [1.54, 1.807) is 24.0 Å². The average Bonchev–Trinajstić information content (AvgIpc) is 3.10. The zero-order valence-electron chi connectivity index (χ0n) is 14.9. The van der Waals surface area contributed by atoms with Gasteiger partial charge < -0.3 is 14.7 Å². The molecule has 1 fully saturated rings. The van der Waals surface area contributed by atoms with E-state index in [2.05, 4.69) is 0 Å². The topological polar surface area (TPSA) is 66.8 Å². The van der Waals surface area contributed by atoms with E-state index >= 15 is 0 Å². The Hall–Kier alpha value is -2.66. The molecule has 1 amide bonds. The van der Waals surface area contributed by atoms with Gasteiger partial charge in [0.25, 0.3) is 5.91 Å². The summed E-state index contributed by atoms with van der Waals surface area (Å²) >= 11 is 0. The van der Waals surface area contributed by atoms with Gasteiger partial charge >= 0.3 is 5.97 Å². The normalized spacial score (nSPS) is 16.7. The molecule has 136 valence electrons. The van der Waals surface area contributed by atoms with Crippen LogP contribution in [0.2, 0.25) is 0 Å². The van der Waals surface area contributed by atoms with Gasteiger partial charge in [0.15, 0.2) is 0 Å². The number of rotatable bonds is 6. The molecule has 1 unspecified atom stereocenters. The van der Waals surface area contributed by atoms with Crippen molar-refractivity contribution >= 4 is 11.9 Å². The number of aryl methyl sites for hydroxylation is 1. The monoisotopic (exact) mass is 353 g/mol. The van der Waals surface area contributed by atoms with Crippen molar-refractivity contribution in [2.75, 3.05) is 19.7 Å². The van der Waals surface area contributed by atoms with Crippen LogP contribution >= 0.6 is 0 Å². The molecule has 2 aromatic rings. The second-order valence-electron chi connectivity index (χ2n) is 6.80. The largest absolute Gasteiger partial charge is 0.478 e. The Balaban J connectivity index is 1.55. The third kappa shape index (κ3) is 4.49. The number of likely N-dealkylation sites (tertiary alicyclic amines) is 1. The summed E-state index contributed by atoms with van der Waals surface area (Å²) in [6, 6.07) is 14.8. The second-order valence-corrected chi connectivity index (χ2v) is 6.80. The van der Waals surface area contributed by atoms with Crippen molar-refractivity contribution < 1.29 is 19.4 Å². The van der Waals surface area contributed by atoms with E-state index < -0.39 is 5.97 Å². The first-order chi connectivity index (χ1) is 12.5. The van der Waals surface area contributed by atoms with Gasteiger partial charge in [-0.05, 0) is 42.7 Å². The molecule has 1 N–H and O–H groups in total. The minimum Gasteiger partial charge on any atom is -0.478 e. The van der Waals surface area contributed by atoms with Crippen LogP contribution in [0.4, 0.5) is 0 Å². The van der Waals surface area contributed by atoms with Gasteiger partial charge in [-0.1, -0.05) is 30.3 Å². The molecule has 0 radical (unpaired) electrons. The maximum Gasteiger partial charge on any atom is 0.335 e. The van der Waals surface area contributed by atoms with Gasteiger partial charge in [-0.2, -0.15) is 0 Å². The summed E-state index contributed by atoms with van der Waals surface area (Å²) in [6.07, 6.45) is 0.901. The number of carbonyl (C=O) groups excluding carboxylic acids is 1. The molecular formula is C21H23NO4. The van der Waals surface area contributed by atoms with Gasteiger partial charge in [0, 0.05) is 24.6 Å². The zero-order chi connectivity index (χ0) is 18.5. The molecular weight excluding hydrogens is 330 g/mol. The summed E-state index contributed by atoms with van der Waals surface area (Å²) < 4.78 is 5.79. The van der Waals surface area contributed by atoms with E-state index in [-0.39, 0.29) is 11.5 Å². The number of carboxylic acids is 1. The summed E-state index contributed by atoms with van der Waals surface area (Å²) in [5.41, 5.74) is 2.50. The predicted octanol–water partition coefficient (Wildman–Crippen LogP) is 3.37. The van der Waals surface area contributed by atoms with E-state index in [0.29, 0.717) is 37.8 Å². The maximum atomic E-state index is 12.7. The number of ether oxygens (including phenoxy) is 1. The maximum absolute atomic E-state index is 12.7. The van der Waals surface area contributed by atoms with Crippen LogP contribution in [0.3, 0.4) is 0 Å². The molecule has 3 rings (SSSR count). The molecule has 1 aliphatic rings.